The van der Waals surface area contributed by atoms with Gasteiger partial charge >= 0.3 is 10.2 Å². The lowest BCUT2D eigenvalue weighted by Crippen LogP contribution is -2.49. The molecule has 1 aliphatic rings. The first kappa shape index (κ1) is 33.0. The number of nitrogens with one attached hydrogen (secondary N) is 2. The fourth-order valence-corrected chi connectivity index (χ4v) is 5.72. The number of anilines is 1. The number of pyridine rings is 1. The maximum absolute atomic E-state index is 13.0. The minimum absolute atomic E-state index is 0. The number of rotatable bonds is 11. The number of piperazine rings is 1. The van der Waals surface area contributed by atoms with Crippen LogP contribution in [0.2, 0.25) is 0 Å². The zero-order valence-electron chi connectivity index (χ0n) is 22.4. The van der Waals surface area contributed by atoms with E-state index >= 15 is 0 Å². The third kappa shape index (κ3) is 10.0. The molecule has 3 N–H and O–H groups in total. The van der Waals surface area contributed by atoms with Crippen LogP contribution in [0.1, 0.15) is 36.6 Å². The number of aromatic nitrogens is 1. The van der Waals surface area contributed by atoms with E-state index in [2.05, 4.69) is 45.9 Å². The molecule has 1 aromatic heterocycles. The van der Waals surface area contributed by atoms with E-state index in [0.717, 1.165) is 24.1 Å². The van der Waals surface area contributed by atoms with Crippen molar-refractivity contribution in [1.29, 1.82) is 0 Å². The standard InChI is InChI=1S/C28H37N5O3S.2ClH/c1-28(2,30-21-27(34)25-9-6-14-29-20-25)19-23-10-12-26(13-11-23)31-37(35,36)33-17-15-32(16-18-33)22-24-7-4-3-5-8-24;;/h3-14,20,27,30-31,34H,15-19,21-22H2,1-2H3;2*1H/t27-;;/m0../s1. The van der Waals surface area contributed by atoms with Crippen LogP contribution in [-0.2, 0) is 23.2 Å². The van der Waals surface area contributed by atoms with Crippen molar-refractivity contribution >= 4 is 40.7 Å². The summed E-state index contributed by atoms with van der Waals surface area (Å²) >= 11 is 0. The van der Waals surface area contributed by atoms with Gasteiger partial charge in [-0.2, -0.15) is 12.7 Å². The summed E-state index contributed by atoms with van der Waals surface area (Å²) in [6, 6.07) is 21.4. The summed E-state index contributed by atoms with van der Waals surface area (Å²) < 4.78 is 30.2. The topological polar surface area (TPSA) is 97.8 Å². The monoisotopic (exact) mass is 595 g/mol. The van der Waals surface area contributed by atoms with E-state index in [-0.39, 0.29) is 30.4 Å². The zero-order valence-corrected chi connectivity index (χ0v) is 24.8. The summed E-state index contributed by atoms with van der Waals surface area (Å²) in [4.78, 5) is 6.34. The van der Waals surface area contributed by atoms with Gasteiger partial charge in [0.15, 0.2) is 0 Å². The van der Waals surface area contributed by atoms with Gasteiger partial charge in [0.1, 0.15) is 0 Å². The molecule has 0 radical (unpaired) electrons. The molecule has 2 aromatic carbocycles. The molecule has 1 aliphatic heterocycles. The summed E-state index contributed by atoms with van der Waals surface area (Å²) in [6.07, 6.45) is 3.45. The Kier molecular flexibility index (Phi) is 12.6. The first-order chi connectivity index (χ1) is 17.7. The summed E-state index contributed by atoms with van der Waals surface area (Å²) in [6.45, 7) is 7.73. The Morgan fingerprint density at radius 1 is 0.923 bits per heavy atom. The largest absolute Gasteiger partial charge is 0.387 e. The minimum Gasteiger partial charge on any atom is -0.387 e. The Morgan fingerprint density at radius 3 is 2.21 bits per heavy atom. The molecule has 8 nitrogen and oxygen atoms in total. The molecule has 0 amide bonds. The number of β-amino-alcohol motifs (C(OH)–C–C–N with tert-alkyl or cyclic N) is 1. The van der Waals surface area contributed by atoms with Crippen LogP contribution in [0.15, 0.2) is 79.1 Å². The van der Waals surface area contributed by atoms with Crippen LogP contribution in [-0.4, -0.2) is 66.0 Å². The lowest BCUT2D eigenvalue weighted by atomic mass is 9.94. The maximum atomic E-state index is 13.0. The molecular formula is C28H39Cl2N5O3S. The number of halogens is 2. The highest BCUT2D eigenvalue weighted by atomic mass is 35.5. The van der Waals surface area contributed by atoms with Gasteiger partial charge in [-0.1, -0.05) is 48.5 Å². The number of hydrogen-bond donors (Lipinski definition) is 3. The van der Waals surface area contributed by atoms with Crippen LogP contribution in [0.5, 0.6) is 0 Å². The molecule has 1 fully saturated rings. The second kappa shape index (κ2) is 14.9. The van der Waals surface area contributed by atoms with E-state index in [9.17, 15) is 13.5 Å². The van der Waals surface area contributed by atoms with Crippen molar-refractivity contribution in [2.24, 2.45) is 0 Å². The van der Waals surface area contributed by atoms with Crippen LogP contribution in [0.3, 0.4) is 0 Å². The first-order valence-electron chi connectivity index (χ1n) is 12.7. The van der Waals surface area contributed by atoms with Crippen LogP contribution in [0, 0.1) is 0 Å². The van der Waals surface area contributed by atoms with Gasteiger partial charge in [-0.3, -0.25) is 14.6 Å². The van der Waals surface area contributed by atoms with Crippen molar-refractivity contribution in [1.82, 2.24) is 19.5 Å². The summed E-state index contributed by atoms with van der Waals surface area (Å²) in [5, 5.41) is 13.8. The number of nitrogens with zero attached hydrogens (tertiary/aromatic N) is 3. The predicted molar refractivity (Wildman–Crippen MR) is 162 cm³/mol. The second-order valence-electron chi connectivity index (χ2n) is 10.2. The van der Waals surface area contributed by atoms with E-state index in [4.69, 9.17) is 0 Å². The van der Waals surface area contributed by atoms with Crippen LogP contribution in [0.25, 0.3) is 0 Å². The normalized spacial score (nSPS) is 15.6. The number of hydrogen-bond acceptors (Lipinski definition) is 6. The van der Waals surface area contributed by atoms with Crippen molar-refractivity contribution in [2.75, 3.05) is 37.4 Å². The Labute approximate surface area is 244 Å². The summed E-state index contributed by atoms with van der Waals surface area (Å²) in [5.41, 5.74) is 3.38. The Hall–Kier alpha value is -2.24. The maximum Gasteiger partial charge on any atom is 0.301 e. The lowest BCUT2D eigenvalue weighted by Gasteiger charge is -2.34. The smallest absolute Gasteiger partial charge is 0.301 e. The molecule has 0 saturated carbocycles. The van der Waals surface area contributed by atoms with Gasteiger partial charge in [0.25, 0.3) is 0 Å². The van der Waals surface area contributed by atoms with Gasteiger partial charge < -0.3 is 10.4 Å². The highest BCUT2D eigenvalue weighted by Crippen LogP contribution is 2.20. The van der Waals surface area contributed by atoms with Crippen LogP contribution < -0.4 is 10.0 Å². The average Bonchev–Trinajstić information content (AvgIpc) is 2.90. The zero-order chi connectivity index (χ0) is 26.3. The molecule has 0 spiro atoms. The summed E-state index contributed by atoms with van der Waals surface area (Å²) in [5.74, 6) is 0. The molecule has 0 aliphatic carbocycles. The number of aliphatic hydroxyl groups is 1. The Balaban J connectivity index is 0.00000267. The fraction of sp³-hybridized carbons (Fsp3) is 0.393. The molecule has 2 heterocycles. The molecule has 4 rings (SSSR count). The Bertz CT molecular complexity index is 1230. The van der Waals surface area contributed by atoms with Crippen molar-refractivity contribution in [3.63, 3.8) is 0 Å². The van der Waals surface area contributed by atoms with Crippen LogP contribution in [0.4, 0.5) is 5.69 Å². The second-order valence-corrected chi connectivity index (χ2v) is 11.9. The van der Waals surface area contributed by atoms with Gasteiger partial charge in [0.2, 0.25) is 0 Å². The van der Waals surface area contributed by atoms with E-state index in [0.29, 0.717) is 38.4 Å². The van der Waals surface area contributed by atoms with Gasteiger partial charge in [-0.05, 0) is 49.6 Å². The van der Waals surface area contributed by atoms with Gasteiger partial charge in [0, 0.05) is 68.5 Å². The SMILES string of the molecule is CC(C)(Cc1ccc(NS(=O)(=O)N2CCN(Cc3ccccc3)CC2)cc1)NC[C@H](O)c1cccnc1.Cl.Cl. The third-order valence-electron chi connectivity index (χ3n) is 6.61. The lowest BCUT2D eigenvalue weighted by molar-refractivity contribution is 0.160. The van der Waals surface area contributed by atoms with Crippen molar-refractivity contribution < 1.29 is 13.5 Å². The minimum atomic E-state index is -3.61. The molecule has 39 heavy (non-hydrogen) atoms. The van der Waals surface area contributed by atoms with Crippen molar-refractivity contribution in [3.8, 4) is 0 Å². The molecule has 11 heteroatoms. The van der Waals surface area contributed by atoms with Crippen molar-refractivity contribution in [2.45, 2.75) is 38.5 Å². The number of aliphatic hydroxyl groups excluding tert-OH is 1. The fourth-order valence-electron chi connectivity index (χ4n) is 4.51. The highest BCUT2D eigenvalue weighted by Gasteiger charge is 2.27. The van der Waals surface area contributed by atoms with Gasteiger partial charge in [-0.25, -0.2) is 0 Å². The molecule has 1 saturated heterocycles. The average molecular weight is 597 g/mol. The molecule has 1 atom stereocenters. The van der Waals surface area contributed by atoms with Gasteiger partial charge in [-0.15, -0.1) is 24.8 Å². The van der Waals surface area contributed by atoms with Crippen molar-refractivity contribution in [3.05, 3.63) is 95.8 Å². The van der Waals surface area contributed by atoms with E-state index in [1.54, 1.807) is 24.5 Å². The Morgan fingerprint density at radius 2 is 1.59 bits per heavy atom. The quantitative estimate of drug-likeness (QED) is 0.309. The third-order valence-corrected chi connectivity index (χ3v) is 8.15. The highest BCUT2D eigenvalue weighted by molar-refractivity contribution is 7.90. The molecule has 3 aromatic rings. The predicted octanol–water partition coefficient (Wildman–Crippen LogP) is 4.04. The number of benzene rings is 2. The van der Waals surface area contributed by atoms with Gasteiger partial charge in [0.05, 0.1) is 6.10 Å². The molecule has 0 unspecified atom stereocenters. The van der Waals surface area contributed by atoms with Crippen LogP contribution >= 0.6 is 24.8 Å². The van der Waals surface area contributed by atoms with E-state index in [1.807, 2.05) is 42.5 Å². The molecule has 214 valence electrons. The first-order valence-corrected chi connectivity index (χ1v) is 14.1. The molecule has 0 bridgehead atoms. The summed E-state index contributed by atoms with van der Waals surface area (Å²) in [7, 11) is -3.61. The van der Waals surface area contributed by atoms with E-state index in [1.165, 1.54) is 9.87 Å². The van der Waals surface area contributed by atoms with E-state index < -0.39 is 16.3 Å². The molecular weight excluding hydrogens is 557 g/mol.